The van der Waals surface area contributed by atoms with Gasteiger partial charge in [-0.15, -0.1) is 0 Å². The van der Waals surface area contributed by atoms with E-state index in [-0.39, 0.29) is 32.4 Å². The zero-order valence-corrected chi connectivity index (χ0v) is 23.7. The maximum atomic E-state index is 13.8. The van der Waals surface area contributed by atoms with E-state index in [0.717, 1.165) is 5.32 Å². The summed E-state index contributed by atoms with van der Waals surface area (Å²) >= 11 is 7.67. The number of carbonyl (C=O) groups is 2. The number of thioether (sulfide) groups is 1. The van der Waals surface area contributed by atoms with Gasteiger partial charge in [-0.1, -0.05) is 29.8 Å². The number of primary amides is 1. The summed E-state index contributed by atoms with van der Waals surface area (Å²) in [5.41, 5.74) is 5.83. The smallest absolute Gasteiger partial charge is 0.366 e. The third-order valence-electron chi connectivity index (χ3n) is 6.19. The highest BCUT2D eigenvalue weighted by atomic mass is 35.5. The van der Waals surface area contributed by atoms with Crippen LogP contribution in [-0.4, -0.2) is 65.2 Å². The Kier molecular flexibility index (Phi) is 9.61. The van der Waals surface area contributed by atoms with Crippen LogP contribution in [0.3, 0.4) is 0 Å². The lowest BCUT2D eigenvalue weighted by molar-refractivity contribution is -0.250. The molecule has 3 N–H and O–H groups in total. The largest absolute Gasteiger partial charge is 0.461 e. The normalized spacial score (nSPS) is 16.6. The fraction of sp³-hybridized carbons (Fsp3) is 0.400. The zero-order valence-electron chi connectivity index (χ0n) is 22.1. The molecule has 17 heteroatoms. The monoisotopic (exact) mass is 645 g/mol. The standard InChI is InChI=1S/C25H24ClF8N5O2S/c1-12-9-14(10-38-22(24(29,30)31)36-21(37-38)23(27,28)25(32,33)34)7-8-17(12)39(13(2)11-42-3)20(41)18-15(19(35)40)5-4-6-16(18)26/h4-9,13,22H,10-11H2,1-3H3,(H2,35,40)(H,36,37)/t13-,22?/m0/s1. The summed E-state index contributed by atoms with van der Waals surface area (Å²) in [6, 6.07) is 7.66. The molecule has 1 unspecified atom stereocenters. The third kappa shape index (κ3) is 6.69. The lowest BCUT2D eigenvalue weighted by Gasteiger charge is -2.32. The van der Waals surface area contributed by atoms with Crippen molar-refractivity contribution in [3.05, 3.63) is 63.7 Å². The molecule has 0 saturated heterocycles. The molecule has 0 aliphatic carbocycles. The number of amidine groups is 1. The molecular weight excluding hydrogens is 622 g/mol. The van der Waals surface area contributed by atoms with Crippen molar-refractivity contribution in [2.24, 2.45) is 10.8 Å². The first-order chi connectivity index (χ1) is 19.3. The first-order valence-electron chi connectivity index (χ1n) is 11.9. The van der Waals surface area contributed by atoms with Crippen molar-refractivity contribution < 1.29 is 44.7 Å². The van der Waals surface area contributed by atoms with Gasteiger partial charge in [-0.2, -0.15) is 52.0 Å². The van der Waals surface area contributed by atoms with E-state index in [4.69, 9.17) is 17.3 Å². The topological polar surface area (TPSA) is 91.0 Å². The predicted molar refractivity (Wildman–Crippen MR) is 143 cm³/mol. The molecule has 0 aromatic heterocycles. The Balaban J connectivity index is 2.03. The zero-order chi connectivity index (χ0) is 31.8. The molecule has 1 aliphatic heterocycles. The molecule has 2 aromatic rings. The van der Waals surface area contributed by atoms with Crippen molar-refractivity contribution in [2.45, 2.75) is 50.9 Å². The first kappa shape index (κ1) is 33.2. The second-order valence-corrected chi connectivity index (χ2v) is 10.7. The number of halogens is 9. The van der Waals surface area contributed by atoms with Crippen LogP contribution < -0.4 is 16.0 Å². The number of benzene rings is 2. The molecule has 42 heavy (non-hydrogen) atoms. The molecular formula is C25H24ClF8N5O2S. The Bertz CT molecular complexity index is 1390. The quantitative estimate of drug-likeness (QED) is 0.329. The molecule has 0 spiro atoms. The van der Waals surface area contributed by atoms with Crippen molar-refractivity contribution in [3.8, 4) is 0 Å². The van der Waals surface area contributed by atoms with E-state index in [2.05, 4.69) is 5.10 Å². The Morgan fingerprint density at radius 3 is 2.31 bits per heavy atom. The van der Waals surface area contributed by atoms with Gasteiger partial charge in [-0.25, -0.2) is 0 Å². The van der Waals surface area contributed by atoms with Crippen LogP contribution in [0, 0.1) is 6.92 Å². The third-order valence-corrected chi connectivity index (χ3v) is 7.32. The van der Waals surface area contributed by atoms with E-state index in [1.807, 2.05) is 0 Å². The van der Waals surface area contributed by atoms with Gasteiger partial charge in [-0.05, 0) is 49.4 Å². The molecule has 2 amide bonds. The number of hydrogen-bond acceptors (Lipinski definition) is 6. The summed E-state index contributed by atoms with van der Waals surface area (Å²) in [4.78, 5) is 27.1. The number of alkyl halides is 8. The summed E-state index contributed by atoms with van der Waals surface area (Å²) in [7, 11) is 0. The number of anilines is 1. The number of amides is 2. The minimum Gasteiger partial charge on any atom is -0.366 e. The molecule has 230 valence electrons. The van der Waals surface area contributed by atoms with Gasteiger partial charge < -0.3 is 16.0 Å². The van der Waals surface area contributed by atoms with Crippen molar-refractivity contribution >= 4 is 46.7 Å². The Morgan fingerprint density at radius 2 is 1.79 bits per heavy atom. The van der Waals surface area contributed by atoms with Crippen LogP contribution in [0.5, 0.6) is 0 Å². The van der Waals surface area contributed by atoms with E-state index in [1.165, 1.54) is 60.0 Å². The lowest BCUT2D eigenvalue weighted by atomic mass is 10.0. The lowest BCUT2D eigenvalue weighted by Crippen LogP contribution is -2.55. The average Bonchev–Trinajstić information content (AvgIpc) is 3.30. The number of nitrogens with two attached hydrogens (primary N) is 1. The molecule has 0 fully saturated rings. The molecule has 3 rings (SSSR count). The van der Waals surface area contributed by atoms with Gasteiger partial charge in [0.15, 0.2) is 0 Å². The molecule has 1 heterocycles. The van der Waals surface area contributed by atoms with Crippen LogP contribution in [0.15, 0.2) is 41.5 Å². The SMILES string of the molecule is CSC[C@H](C)N(C(=O)c1c(Cl)cccc1C(N)=O)c1ccc(CN2N=C(C(F)(F)C(F)(F)F)NC2C(F)(F)F)cc1C. The van der Waals surface area contributed by atoms with E-state index in [1.54, 1.807) is 13.2 Å². The van der Waals surface area contributed by atoms with E-state index < -0.39 is 54.7 Å². The molecule has 0 saturated carbocycles. The summed E-state index contributed by atoms with van der Waals surface area (Å²) in [6.07, 6.45) is -12.6. The number of hydrogen-bond donors (Lipinski definition) is 2. The molecule has 1 aliphatic rings. The van der Waals surface area contributed by atoms with Crippen LogP contribution >= 0.6 is 23.4 Å². The van der Waals surface area contributed by atoms with Crippen LogP contribution in [0.2, 0.25) is 5.02 Å². The van der Waals surface area contributed by atoms with Gasteiger partial charge in [0.2, 0.25) is 17.9 Å². The predicted octanol–water partition coefficient (Wildman–Crippen LogP) is 5.95. The highest BCUT2D eigenvalue weighted by Crippen LogP contribution is 2.39. The maximum absolute atomic E-state index is 13.8. The number of nitrogens with one attached hydrogen (secondary N) is 1. The van der Waals surface area contributed by atoms with Gasteiger partial charge in [0.1, 0.15) is 0 Å². The van der Waals surface area contributed by atoms with Crippen LogP contribution in [0.4, 0.5) is 40.8 Å². The van der Waals surface area contributed by atoms with Gasteiger partial charge in [0, 0.05) is 17.5 Å². The highest BCUT2D eigenvalue weighted by molar-refractivity contribution is 7.98. The minimum absolute atomic E-state index is 0.0454. The Labute approximate surface area is 244 Å². The van der Waals surface area contributed by atoms with Gasteiger partial charge >= 0.3 is 18.3 Å². The molecule has 2 atom stereocenters. The van der Waals surface area contributed by atoms with E-state index >= 15 is 0 Å². The highest BCUT2D eigenvalue weighted by Gasteiger charge is 2.65. The Hall–Kier alpha value is -3.27. The van der Waals surface area contributed by atoms with E-state index in [0.29, 0.717) is 11.3 Å². The number of aryl methyl sites for hydroxylation is 1. The van der Waals surface area contributed by atoms with Crippen molar-refractivity contribution in [1.29, 1.82) is 0 Å². The minimum atomic E-state index is -6.18. The summed E-state index contributed by atoms with van der Waals surface area (Å²) in [5, 5.41) is 4.09. The molecule has 7 nitrogen and oxygen atoms in total. The van der Waals surface area contributed by atoms with Crippen LogP contribution in [0.25, 0.3) is 0 Å². The second-order valence-electron chi connectivity index (χ2n) is 9.33. The molecule has 2 aromatic carbocycles. The number of nitrogens with zero attached hydrogens (tertiary/aromatic N) is 3. The summed E-state index contributed by atoms with van der Waals surface area (Å²) < 4.78 is 107. The second kappa shape index (κ2) is 12.1. The molecule has 0 bridgehead atoms. The van der Waals surface area contributed by atoms with Crippen molar-refractivity contribution in [3.63, 3.8) is 0 Å². The number of hydrazone groups is 1. The number of rotatable bonds is 9. The fourth-order valence-corrected chi connectivity index (χ4v) is 5.17. The summed E-state index contributed by atoms with van der Waals surface area (Å²) in [6.45, 7) is 2.42. The van der Waals surface area contributed by atoms with Crippen molar-refractivity contribution in [1.82, 2.24) is 10.3 Å². The number of carbonyl (C=O) groups excluding carboxylic acids is 2. The van der Waals surface area contributed by atoms with Gasteiger partial charge in [-0.3, -0.25) is 14.6 Å². The maximum Gasteiger partial charge on any atom is 0.461 e. The Morgan fingerprint density at radius 1 is 1.14 bits per heavy atom. The average molecular weight is 646 g/mol. The fourth-order valence-electron chi connectivity index (χ4n) is 4.29. The van der Waals surface area contributed by atoms with Gasteiger partial charge in [0.25, 0.3) is 5.91 Å². The molecule has 0 radical (unpaired) electrons. The van der Waals surface area contributed by atoms with Crippen molar-refractivity contribution in [2.75, 3.05) is 16.9 Å². The van der Waals surface area contributed by atoms with Gasteiger partial charge in [0.05, 0.1) is 22.7 Å². The first-order valence-corrected chi connectivity index (χ1v) is 13.7. The van der Waals surface area contributed by atoms with Crippen LogP contribution in [-0.2, 0) is 6.54 Å². The summed E-state index contributed by atoms with van der Waals surface area (Å²) in [5.74, 6) is -9.00. The van der Waals surface area contributed by atoms with Crippen LogP contribution in [0.1, 0.15) is 38.8 Å². The van der Waals surface area contributed by atoms with E-state index in [9.17, 15) is 44.7 Å².